The van der Waals surface area contributed by atoms with Crippen LogP contribution >= 0.6 is 0 Å². The Balaban J connectivity index is 2.49. The van der Waals surface area contributed by atoms with Crippen molar-refractivity contribution in [2.24, 2.45) is 5.92 Å². The first-order valence-electron chi connectivity index (χ1n) is 6.96. The topological polar surface area (TPSA) is 78.9 Å². The minimum atomic E-state index is -0.772. The number of hydrogen-bond donors (Lipinski definition) is 2. The van der Waals surface area contributed by atoms with Crippen molar-refractivity contribution in [2.75, 3.05) is 26.8 Å². The van der Waals surface area contributed by atoms with E-state index in [0.717, 1.165) is 12.8 Å². The second-order valence-corrected chi connectivity index (χ2v) is 5.08. The number of hydrogen-bond acceptors (Lipinski definition) is 3. The van der Waals surface area contributed by atoms with Gasteiger partial charge in [-0.05, 0) is 19.3 Å². The van der Waals surface area contributed by atoms with E-state index >= 15 is 0 Å². The Bertz CT molecular complexity index is 346. The first kappa shape index (κ1) is 16.5. The highest BCUT2D eigenvalue weighted by Crippen LogP contribution is 2.24. The molecule has 0 radical (unpaired) electrons. The van der Waals surface area contributed by atoms with E-state index in [0.29, 0.717) is 32.5 Å². The summed E-state index contributed by atoms with van der Waals surface area (Å²) in [5.74, 6) is -1.12. The van der Waals surface area contributed by atoms with Gasteiger partial charge in [0.05, 0.1) is 12.5 Å². The molecule has 2 N–H and O–H groups in total. The van der Waals surface area contributed by atoms with Gasteiger partial charge in [0.2, 0.25) is 0 Å². The van der Waals surface area contributed by atoms with E-state index in [4.69, 9.17) is 9.84 Å². The zero-order valence-corrected chi connectivity index (χ0v) is 12.0. The molecule has 1 aliphatic rings. The molecule has 0 aromatic rings. The fourth-order valence-electron chi connectivity index (χ4n) is 2.44. The molecule has 6 nitrogen and oxygen atoms in total. The number of nitrogens with zero attached hydrogens (tertiary/aromatic N) is 1. The summed E-state index contributed by atoms with van der Waals surface area (Å²) >= 11 is 0. The van der Waals surface area contributed by atoms with Gasteiger partial charge in [0, 0.05) is 26.2 Å². The summed E-state index contributed by atoms with van der Waals surface area (Å²) in [5, 5.41) is 12.0. The summed E-state index contributed by atoms with van der Waals surface area (Å²) in [6.45, 7) is 5.03. The van der Waals surface area contributed by atoms with Crippen molar-refractivity contribution in [3.05, 3.63) is 12.7 Å². The Hall–Kier alpha value is -1.56. The molecule has 2 atom stereocenters. The SMILES string of the molecule is C=CCN(CCOC)C(=O)NC1CCCC(C(=O)O)C1. The molecule has 0 bridgehead atoms. The van der Waals surface area contributed by atoms with E-state index in [9.17, 15) is 9.59 Å². The number of aliphatic carboxylic acids is 1. The minimum Gasteiger partial charge on any atom is -0.481 e. The molecule has 0 heterocycles. The number of rotatable bonds is 7. The van der Waals surface area contributed by atoms with Crippen molar-refractivity contribution in [3.63, 3.8) is 0 Å². The Morgan fingerprint density at radius 1 is 1.50 bits per heavy atom. The second kappa shape index (κ2) is 8.58. The van der Waals surface area contributed by atoms with Crippen molar-refractivity contribution >= 4 is 12.0 Å². The molecule has 0 aliphatic heterocycles. The maximum atomic E-state index is 12.1. The minimum absolute atomic E-state index is 0.0628. The quantitative estimate of drug-likeness (QED) is 0.694. The predicted octanol–water partition coefficient (Wildman–Crippen LogP) is 1.47. The van der Waals surface area contributed by atoms with Gasteiger partial charge in [0.25, 0.3) is 0 Å². The molecule has 20 heavy (non-hydrogen) atoms. The predicted molar refractivity (Wildman–Crippen MR) is 75.6 cm³/mol. The Labute approximate surface area is 119 Å². The second-order valence-electron chi connectivity index (χ2n) is 5.08. The molecule has 1 fully saturated rings. The number of ether oxygens (including phenoxy) is 1. The summed E-state index contributed by atoms with van der Waals surface area (Å²) < 4.78 is 4.97. The largest absolute Gasteiger partial charge is 0.481 e. The van der Waals surface area contributed by atoms with E-state index in [1.54, 1.807) is 18.1 Å². The normalized spacial score (nSPS) is 22.1. The molecule has 0 aromatic carbocycles. The first-order chi connectivity index (χ1) is 9.58. The smallest absolute Gasteiger partial charge is 0.317 e. The van der Waals surface area contributed by atoms with Crippen LogP contribution in [0.3, 0.4) is 0 Å². The Kier molecular flexibility index (Phi) is 7.08. The molecule has 1 saturated carbocycles. The van der Waals surface area contributed by atoms with Crippen molar-refractivity contribution in [1.82, 2.24) is 10.2 Å². The molecule has 2 unspecified atom stereocenters. The van der Waals surface area contributed by atoms with Crippen LogP contribution in [-0.4, -0.2) is 54.9 Å². The van der Waals surface area contributed by atoms with Crippen LogP contribution in [0.4, 0.5) is 4.79 Å². The summed E-state index contributed by atoms with van der Waals surface area (Å²) in [5.41, 5.74) is 0. The molecule has 6 heteroatoms. The number of carbonyl (C=O) groups is 2. The summed E-state index contributed by atoms with van der Waals surface area (Å²) in [4.78, 5) is 24.8. The molecular formula is C14H24N2O4. The van der Waals surface area contributed by atoms with E-state index in [1.165, 1.54) is 0 Å². The Morgan fingerprint density at radius 2 is 2.25 bits per heavy atom. The third-order valence-corrected chi connectivity index (χ3v) is 3.55. The molecule has 0 saturated heterocycles. The van der Waals surface area contributed by atoms with Crippen LogP contribution < -0.4 is 5.32 Å². The summed E-state index contributed by atoms with van der Waals surface area (Å²) in [7, 11) is 1.59. The van der Waals surface area contributed by atoms with E-state index in [2.05, 4.69) is 11.9 Å². The lowest BCUT2D eigenvalue weighted by atomic mass is 9.86. The van der Waals surface area contributed by atoms with Gasteiger partial charge >= 0.3 is 12.0 Å². The van der Waals surface area contributed by atoms with Gasteiger partial charge in [-0.2, -0.15) is 0 Å². The average Bonchev–Trinajstić information content (AvgIpc) is 2.43. The third-order valence-electron chi connectivity index (χ3n) is 3.55. The summed E-state index contributed by atoms with van der Waals surface area (Å²) in [6.07, 6.45) is 4.54. The van der Waals surface area contributed by atoms with E-state index in [-0.39, 0.29) is 18.0 Å². The van der Waals surface area contributed by atoms with E-state index < -0.39 is 5.97 Å². The molecule has 0 aromatic heterocycles. The van der Waals surface area contributed by atoms with Crippen molar-refractivity contribution < 1.29 is 19.4 Å². The number of urea groups is 1. The number of carbonyl (C=O) groups excluding carboxylic acids is 1. The molecule has 114 valence electrons. The lowest BCUT2D eigenvalue weighted by molar-refractivity contribution is -0.143. The average molecular weight is 284 g/mol. The van der Waals surface area contributed by atoms with Crippen LogP contribution in [0.2, 0.25) is 0 Å². The molecule has 1 rings (SSSR count). The van der Waals surface area contributed by atoms with Crippen LogP contribution in [0, 0.1) is 5.92 Å². The number of methoxy groups -OCH3 is 1. The highest BCUT2D eigenvalue weighted by Gasteiger charge is 2.28. The van der Waals surface area contributed by atoms with Gasteiger partial charge in [-0.1, -0.05) is 12.5 Å². The van der Waals surface area contributed by atoms with Gasteiger partial charge in [-0.25, -0.2) is 4.79 Å². The maximum absolute atomic E-state index is 12.1. The van der Waals surface area contributed by atoms with Gasteiger partial charge in [-0.3, -0.25) is 4.79 Å². The van der Waals surface area contributed by atoms with Crippen molar-refractivity contribution in [2.45, 2.75) is 31.7 Å². The van der Waals surface area contributed by atoms with Crippen LogP contribution in [0.1, 0.15) is 25.7 Å². The number of amides is 2. The first-order valence-corrected chi connectivity index (χ1v) is 6.96. The fraction of sp³-hybridized carbons (Fsp3) is 0.714. The molecule has 2 amide bonds. The fourth-order valence-corrected chi connectivity index (χ4v) is 2.44. The van der Waals surface area contributed by atoms with Crippen LogP contribution in [0.25, 0.3) is 0 Å². The Morgan fingerprint density at radius 3 is 2.85 bits per heavy atom. The third kappa shape index (κ3) is 5.21. The number of carboxylic acids is 1. The standard InChI is InChI=1S/C14H24N2O4/c1-3-7-16(8-9-20-2)14(19)15-12-6-4-5-11(10-12)13(17)18/h3,11-12H,1,4-10H2,2H3,(H,15,19)(H,17,18). The number of nitrogens with one attached hydrogen (secondary N) is 1. The van der Waals surface area contributed by atoms with Crippen LogP contribution in [0.5, 0.6) is 0 Å². The highest BCUT2D eigenvalue weighted by atomic mass is 16.5. The molecule has 1 aliphatic carbocycles. The maximum Gasteiger partial charge on any atom is 0.317 e. The zero-order chi connectivity index (χ0) is 15.0. The van der Waals surface area contributed by atoms with Gasteiger partial charge in [0.1, 0.15) is 0 Å². The summed E-state index contributed by atoms with van der Waals surface area (Å²) in [6, 6.07) is -0.245. The van der Waals surface area contributed by atoms with Gasteiger partial charge < -0.3 is 20.1 Å². The van der Waals surface area contributed by atoms with Crippen LogP contribution in [0.15, 0.2) is 12.7 Å². The van der Waals surface area contributed by atoms with E-state index in [1.807, 2.05) is 0 Å². The molecule has 0 spiro atoms. The van der Waals surface area contributed by atoms with Gasteiger partial charge in [0.15, 0.2) is 0 Å². The lowest BCUT2D eigenvalue weighted by Gasteiger charge is -2.30. The molecular weight excluding hydrogens is 260 g/mol. The van der Waals surface area contributed by atoms with Crippen molar-refractivity contribution in [3.8, 4) is 0 Å². The van der Waals surface area contributed by atoms with Crippen LogP contribution in [-0.2, 0) is 9.53 Å². The number of carboxylic acid groups (broad SMARTS) is 1. The van der Waals surface area contributed by atoms with Crippen molar-refractivity contribution in [1.29, 1.82) is 0 Å². The monoisotopic (exact) mass is 284 g/mol. The highest BCUT2D eigenvalue weighted by molar-refractivity contribution is 5.75. The van der Waals surface area contributed by atoms with Gasteiger partial charge in [-0.15, -0.1) is 6.58 Å². The zero-order valence-electron chi connectivity index (χ0n) is 12.0. The lowest BCUT2D eigenvalue weighted by Crippen LogP contribution is -2.47.